The van der Waals surface area contributed by atoms with Crippen LogP contribution < -0.4 is 10.1 Å². The molecule has 0 atom stereocenters. The van der Waals surface area contributed by atoms with Crippen molar-refractivity contribution in [3.05, 3.63) is 41.9 Å². The first-order valence-electron chi connectivity index (χ1n) is 7.51. The molecule has 23 heavy (non-hydrogen) atoms. The fraction of sp³-hybridized carbons (Fsp3) is 0.312. The molecule has 2 aromatic heterocycles. The molecule has 2 heterocycles. The molecule has 0 saturated carbocycles. The Kier molecular flexibility index (Phi) is 4.27. The zero-order valence-corrected chi connectivity index (χ0v) is 13.2. The molecular formula is C16H19N5O2. The van der Waals surface area contributed by atoms with Gasteiger partial charge in [-0.2, -0.15) is 15.0 Å². The van der Waals surface area contributed by atoms with Crippen LogP contribution in [-0.4, -0.2) is 32.5 Å². The van der Waals surface area contributed by atoms with Gasteiger partial charge in [0, 0.05) is 24.1 Å². The van der Waals surface area contributed by atoms with Crippen LogP contribution in [0, 0.1) is 0 Å². The van der Waals surface area contributed by atoms with Crippen molar-refractivity contribution in [1.29, 1.82) is 0 Å². The van der Waals surface area contributed by atoms with Crippen LogP contribution in [0.25, 0.3) is 10.9 Å². The van der Waals surface area contributed by atoms with Crippen LogP contribution in [0.5, 0.6) is 5.75 Å². The first-order valence-corrected chi connectivity index (χ1v) is 7.51. The third kappa shape index (κ3) is 3.33. The number of hydrogen-bond acceptors (Lipinski definition) is 4. The van der Waals surface area contributed by atoms with Gasteiger partial charge in [-0.05, 0) is 24.6 Å². The lowest BCUT2D eigenvalue weighted by atomic mass is 10.1. The highest BCUT2D eigenvalue weighted by molar-refractivity contribution is 5.93. The average Bonchev–Trinajstić information content (AvgIpc) is 3.13. The summed E-state index contributed by atoms with van der Waals surface area (Å²) in [4.78, 5) is 16.8. The van der Waals surface area contributed by atoms with Crippen molar-refractivity contribution < 1.29 is 9.53 Å². The highest BCUT2D eigenvalue weighted by Gasteiger charge is 2.13. The van der Waals surface area contributed by atoms with Gasteiger partial charge in [-0.1, -0.05) is 6.07 Å². The smallest absolute Gasteiger partial charge is 0.224 e. The Morgan fingerprint density at radius 2 is 2.30 bits per heavy atom. The Balaban J connectivity index is 1.72. The Labute approximate surface area is 133 Å². The Bertz CT molecular complexity index is 821. The molecule has 0 saturated heterocycles. The number of nitrogens with one attached hydrogen (secondary N) is 2. The molecule has 0 bridgehead atoms. The molecule has 3 rings (SSSR count). The number of aromatic amines is 1. The molecule has 0 aliphatic heterocycles. The predicted octanol–water partition coefficient (Wildman–Crippen LogP) is 1.55. The van der Waals surface area contributed by atoms with Crippen molar-refractivity contribution in [3.8, 4) is 5.75 Å². The van der Waals surface area contributed by atoms with Crippen LogP contribution in [0.15, 0.2) is 30.6 Å². The third-order valence-corrected chi connectivity index (χ3v) is 3.51. The van der Waals surface area contributed by atoms with E-state index in [9.17, 15) is 4.79 Å². The van der Waals surface area contributed by atoms with Gasteiger partial charge in [0.05, 0.1) is 25.8 Å². The van der Waals surface area contributed by atoms with Crippen molar-refractivity contribution in [2.75, 3.05) is 6.61 Å². The quantitative estimate of drug-likeness (QED) is 0.723. The molecule has 1 amide bonds. The monoisotopic (exact) mass is 313 g/mol. The van der Waals surface area contributed by atoms with E-state index >= 15 is 0 Å². The minimum Gasteiger partial charge on any atom is -0.493 e. The number of nitrogens with zero attached hydrogens (tertiary/aromatic N) is 3. The van der Waals surface area contributed by atoms with E-state index in [1.165, 1.54) is 4.80 Å². The summed E-state index contributed by atoms with van der Waals surface area (Å²) in [5.74, 6) is 0.728. The van der Waals surface area contributed by atoms with E-state index in [0.717, 1.165) is 27.9 Å². The predicted molar refractivity (Wildman–Crippen MR) is 86.0 cm³/mol. The Morgan fingerprint density at radius 3 is 3.04 bits per heavy atom. The van der Waals surface area contributed by atoms with Gasteiger partial charge in [-0.3, -0.25) is 4.79 Å². The molecule has 0 fully saturated rings. The number of carbonyl (C=O) groups is 1. The van der Waals surface area contributed by atoms with Crippen molar-refractivity contribution in [3.63, 3.8) is 0 Å². The molecule has 0 spiro atoms. The van der Waals surface area contributed by atoms with E-state index in [4.69, 9.17) is 4.74 Å². The molecule has 3 aromatic rings. The number of benzene rings is 1. The second kappa shape index (κ2) is 6.51. The number of amides is 1. The topological polar surface area (TPSA) is 84.8 Å². The fourth-order valence-electron chi connectivity index (χ4n) is 2.53. The van der Waals surface area contributed by atoms with Gasteiger partial charge in [-0.15, -0.1) is 0 Å². The van der Waals surface area contributed by atoms with Gasteiger partial charge in [0.15, 0.2) is 0 Å². The number of carbonyl (C=O) groups excluding carboxylic acids is 1. The number of hydrogen-bond donors (Lipinski definition) is 2. The summed E-state index contributed by atoms with van der Waals surface area (Å²) in [7, 11) is 1.74. The van der Waals surface area contributed by atoms with E-state index in [1.54, 1.807) is 13.2 Å². The lowest BCUT2D eigenvalue weighted by Gasteiger charge is -2.07. The van der Waals surface area contributed by atoms with Crippen LogP contribution in [0.1, 0.15) is 18.2 Å². The van der Waals surface area contributed by atoms with E-state index in [2.05, 4.69) is 20.5 Å². The highest BCUT2D eigenvalue weighted by atomic mass is 16.5. The lowest BCUT2D eigenvalue weighted by molar-refractivity contribution is -0.120. The number of ether oxygens (including phenoxy) is 1. The number of aromatic nitrogens is 4. The number of fused-ring (bicyclic) bond motifs is 1. The second-order valence-electron chi connectivity index (χ2n) is 5.20. The van der Waals surface area contributed by atoms with Crippen LogP contribution in [-0.2, 0) is 24.8 Å². The summed E-state index contributed by atoms with van der Waals surface area (Å²) in [5, 5.41) is 11.9. The van der Waals surface area contributed by atoms with E-state index in [0.29, 0.717) is 13.2 Å². The van der Waals surface area contributed by atoms with E-state index in [1.807, 2.05) is 31.3 Å². The van der Waals surface area contributed by atoms with Gasteiger partial charge in [0.1, 0.15) is 11.4 Å². The normalized spacial score (nSPS) is 10.9. The lowest BCUT2D eigenvalue weighted by Crippen LogP contribution is -2.24. The highest BCUT2D eigenvalue weighted by Crippen LogP contribution is 2.29. The summed E-state index contributed by atoms with van der Waals surface area (Å²) in [6, 6.07) is 5.82. The zero-order chi connectivity index (χ0) is 16.2. The fourth-order valence-corrected chi connectivity index (χ4v) is 2.53. The van der Waals surface area contributed by atoms with Gasteiger partial charge in [-0.25, -0.2) is 0 Å². The van der Waals surface area contributed by atoms with E-state index in [-0.39, 0.29) is 12.3 Å². The summed E-state index contributed by atoms with van der Waals surface area (Å²) < 4.78 is 5.66. The second-order valence-corrected chi connectivity index (χ2v) is 5.20. The maximum absolute atomic E-state index is 12.2. The third-order valence-electron chi connectivity index (χ3n) is 3.51. The first-order chi connectivity index (χ1) is 11.2. The number of aryl methyl sites for hydroxylation is 1. The standard InChI is InChI=1S/C16H19N5O2/c1-3-23-14-6-4-5-13-16(14)11(8-17-13)7-15(22)18-9-12-10-19-21(2)20-12/h4-6,8,10,17H,3,7,9H2,1-2H3,(H,18,22). The van der Waals surface area contributed by atoms with Crippen LogP contribution in [0.3, 0.4) is 0 Å². The molecule has 1 aromatic carbocycles. The molecule has 2 N–H and O–H groups in total. The van der Waals surface area contributed by atoms with Crippen LogP contribution in [0.2, 0.25) is 0 Å². The van der Waals surface area contributed by atoms with Crippen molar-refractivity contribution >= 4 is 16.8 Å². The van der Waals surface area contributed by atoms with Crippen molar-refractivity contribution in [2.45, 2.75) is 19.9 Å². The number of rotatable bonds is 6. The van der Waals surface area contributed by atoms with E-state index < -0.39 is 0 Å². The minimum absolute atomic E-state index is 0.0668. The maximum atomic E-state index is 12.2. The molecule has 0 unspecified atom stereocenters. The van der Waals surface area contributed by atoms with Crippen molar-refractivity contribution in [1.82, 2.24) is 25.3 Å². The summed E-state index contributed by atoms with van der Waals surface area (Å²) in [6.45, 7) is 2.90. The molecule has 0 aliphatic rings. The molecule has 120 valence electrons. The molecular weight excluding hydrogens is 294 g/mol. The molecule has 7 heteroatoms. The summed E-state index contributed by atoms with van der Waals surface area (Å²) in [6.07, 6.45) is 3.78. The average molecular weight is 313 g/mol. The SMILES string of the molecule is CCOc1cccc2[nH]cc(CC(=O)NCc3cnn(C)n3)c12. The summed E-state index contributed by atoms with van der Waals surface area (Å²) in [5.41, 5.74) is 2.61. The summed E-state index contributed by atoms with van der Waals surface area (Å²) >= 11 is 0. The van der Waals surface area contributed by atoms with Gasteiger partial charge in [0.2, 0.25) is 5.91 Å². The minimum atomic E-state index is -0.0668. The zero-order valence-electron chi connectivity index (χ0n) is 13.2. The maximum Gasteiger partial charge on any atom is 0.224 e. The van der Waals surface area contributed by atoms with Crippen LogP contribution >= 0.6 is 0 Å². The molecule has 0 aliphatic carbocycles. The van der Waals surface area contributed by atoms with Crippen molar-refractivity contribution in [2.24, 2.45) is 7.05 Å². The van der Waals surface area contributed by atoms with Gasteiger partial charge < -0.3 is 15.0 Å². The number of H-pyrrole nitrogens is 1. The van der Waals surface area contributed by atoms with Crippen LogP contribution in [0.4, 0.5) is 0 Å². The van der Waals surface area contributed by atoms with Gasteiger partial charge in [0.25, 0.3) is 0 Å². The first kappa shape index (κ1) is 15.1. The Morgan fingerprint density at radius 1 is 1.43 bits per heavy atom. The molecule has 7 nitrogen and oxygen atoms in total. The van der Waals surface area contributed by atoms with Gasteiger partial charge >= 0.3 is 0 Å². The molecule has 0 radical (unpaired) electrons. The largest absolute Gasteiger partial charge is 0.493 e. The Hall–Kier alpha value is -2.83.